The SMILES string of the molecule is CC(=O)OCCC[n+]1ccn(C2CCC(C(C(N)=O)(c3ccccc3)c3ccccc3)C2)c1.[Br-]. The fraction of sp³-hybridized carbons (Fsp3) is 0.370. The summed E-state index contributed by atoms with van der Waals surface area (Å²) in [6.07, 6.45) is 9.80. The van der Waals surface area contributed by atoms with Gasteiger partial charge in [-0.1, -0.05) is 60.7 Å². The predicted molar refractivity (Wildman–Crippen MR) is 125 cm³/mol. The molecule has 3 aromatic rings. The van der Waals surface area contributed by atoms with Gasteiger partial charge in [0.2, 0.25) is 12.2 Å². The average molecular weight is 526 g/mol. The van der Waals surface area contributed by atoms with Gasteiger partial charge >= 0.3 is 5.97 Å². The van der Waals surface area contributed by atoms with Gasteiger partial charge in [0.05, 0.1) is 13.2 Å². The van der Waals surface area contributed by atoms with E-state index in [2.05, 4.69) is 27.9 Å². The van der Waals surface area contributed by atoms with Crippen molar-refractivity contribution in [1.82, 2.24) is 4.57 Å². The molecule has 1 aliphatic rings. The maximum Gasteiger partial charge on any atom is 0.302 e. The summed E-state index contributed by atoms with van der Waals surface area (Å²) in [6, 6.07) is 20.3. The smallest absolute Gasteiger partial charge is 0.302 e. The first-order valence-electron chi connectivity index (χ1n) is 11.6. The van der Waals surface area contributed by atoms with Gasteiger partial charge in [0.1, 0.15) is 23.9 Å². The third kappa shape index (κ3) is 5.25. The van der Waals surface area contributed by atoms with Gasteiger partial charge < -0.3 is 27.5 Å². The molecule has 34 heavy (non-hydrogen) atoms. The summed E-state index contributed by atoms with van der Waals surface area (Å²) in [5, 5.41) is 0. The lowest BCUT2D eigenvalue weighted by molar-refractivity contribution is -0.697. The van der Waals surface area contributed by atoms with Crippen LogP contribution in [-0.4, -0.2) is 23.1 Å². The molecule has 0 saturated heterocycles. The van der Waals surface area contributed by atoms with Gasteiger partial charge in [0.15, 0.2) is 0 Å². The van der Waals surface area contributed by atoms with Crippen LogP contribution in [0.3, 0.4) is 0 Å². The van der Waals surface area contributed by atoms with Crippen molar-refractivity contribution in [3.05, 3.63) is 90.5 Å². The number of carbonyl (C=O) groups excluding carboxylic acids is 2. The normalized spacial score (nSPS) is 17.7. The van der Waals surface area contributed by atoms with Gasteiger partial charge in [-0.25, -0.2) is 9.13 Å². The van der Waals surface area contributed by atoms with Gasteiger partial charge in [-0.2, -0.15) is 0 Å². The number of imidazole rings is 1. The number of ether oxygens (including phenoxy) is 1. The van der Waals surface area contributed by atoms with Crippen LogP contribution in [0.15, 0.2) is 79.4 Å². The number of carbonyl (C=O) groups is 2. The zero-order valence-electron chi connectivity index (χ0n) is 19.5. The molecule has 1 amide bonds. The molecule has 2 N–H and O–H groups in total. The molecule has 2 atom stereocenters. The van der Waals surface area contributed by atoms with Crippen molar-refractivity contribution in [3.8, 4) is 0 Å². The van der Waals surface area contributed by atoms with Crippen molar-refractivity contribution in [2.24, 2.45) is 11.7 Å². The number of nitrogens with zero attached hydrogens (tertiary/aromatic N) is 2. The van der Waals surface area contributed by atoms with E-state index in [1.165, 1.54) is 6.92 Å². The van der Waals surface area contributed by atoms with Crippen molar-refractivity contribution in [2.75, 3.05) is 6.61 Å². The van der Waals surface area contributed by atoms with Crippen LogP contribution >= 0.6 is 0 Å². The Morgan fingerprint density at radius 2 is 1.68 bits per heavy atom. The number of hydrogen-bond donors (Lipinski definition) is 1. The number of rotatable bonds is 9. The van der Waals surface area contributed by atoms with Crippen LogP contribution in [0.5, 0.6) is 0 Å². The molecular weight excluding hydrogens is 494 g/mol. The summed E-state index contributed by atoms with van der Waals surface area (Å²) in [5.41, 5.74) is 7.27. The Bertz CT molecular complexity index is 1050. The second kappa shape index (κ2) is 11.5. The number of amides is 1. The molecule has 0 bridgehead atoms. The highest BCUT2D eigenvalue weighted by Gasteiger charge is 2.50. The van der Waals surface area contributed by atoms with Crippen LogP contribution < -0.4 is 27.3 Å². The van der Waals surface area contributed by atoms with E-state index in [1.54, 1.807) is 0 Å². The van der Waals surface area contributed by atoms with Crippen LogP contribution in [0.2, 0.25) is 0 Å². The van der Waals surface area contributed by atoms with E-state index in [0.717, 1.165) is 43.4 Å². The number of nitrogens with two attached hydrogens (primary N) is 1. The van der Waals surface area contributed by atoms with Crippen LogP contribution in [0, 0.1) is 5.92 Å². The Morgan fingerprint density at radius 1 is 1.06 bits per heavy atom. The average Bonchev–Trinajstić information content (AvgIpc) is 3.49. The lowest BCUT2D eigenvalue weighted by atomic mass is 9.64. The van der Waals surface area contributed by atoms with Crippen molar-refractivity contribution in [1.29, 1.82) is 0 Å². The molecule has 1 fully saturated rings. The molecular formula is C27H32BrN3O3. The maximum atomic E-state index is 13.2. The summed E-state index contributed by atoms with van der Waals surface area (Å²) in [4.78, 5) is 24.2. The summed E-state index contributed by atoms with van der Waals surface area (Å²) in [5.74, 6) is -0.437. The van der Waals surface area contributed by atoms with E-state index < -0.39 is 5.41 Å². The highest BCUT2D eigenvalue weighted by molar-refractivity contribution is 5.91. The van der Waals surface area contributed by atoms with Gasteiger partial charge in [-0.05, 0) is 36.3 Å². The quantitative estimate of drug-likeness (QED) is 0.251. The first-order valence-corrected chi connectivity index (χ1v) is 11.6. The number of aryl methyl sites for hydroxylation is 1. The number of primary amides is 1. The third-order valence-corrected chi connectivity index (χ3v) is 6.86. The van der Waals surface area contributed by atoms with E-state index in [-0.39, 0.29) is 34.8 Å². The molecule has 180 valence electrons. The lowest BCUT2D eigenvalue weighted by Gasteiger charge is -2.37. The molecule has 2 aromatic carbocycles. The Labute approximate surface area is 211 Å². The Kier molecular flexibility index (Phi) is 8.67. The highest BCUT2D eigenvalue weighted by atomic mass is 79.9. The molecule has 1 saturated carbocycles. The Hall–Kier alpha value is -2.93. The van der Waals surface area contributed by atoms with Crippen LogP contribution in [0.4, 0.5) is 0 Å². The van der Waals surface area contributed by atoms with E-state index in [0.29, 0.717) is 12.6 Å². The van der Waals surface area contributed by atoms with Gasteiger partial charge in [0, 0.05) is 13.3 Å². The minimum absolute atomic E-state index is 0. The minimum Gasteiger partial charge on any atom is -1.00 e. The zero-order chi connectivity index (χ0) is 23.3. The van der Waals surface area contributed by atoms with Crippen molar-refractivity contribution in [2.45, 2.75) is 50.6 Å². The highest BCUT2D eigenvalue weighted by Crippen LogP contribution is 2.49. The number of halogens is 1. The standard InChI is InChI=1S/C27H31N3O3.BrH/c1-21(31)33-18-8-15-29-16-17-30(20-29)25-14-13-24(19-25)27(26(28)32,22-9-4-2-5-10-22)23-11-6-3-7-12-23;/h2-7,9-12,16-17,20,24-25H,8,13-15,18-19H2,1H3,(H-,28,32);1H. The van der Waals surface area contributed by atoms with Crippen molar-refractivity contribution < 1.29 is 35.9 Å². The molecule has 0 aliphatic heterocycles. The van der Waals surface area contributed by atoms with Crippen LogP contribution in [-0.2, 0) is 26.3 Å². The molecule has 0 radical (unpaired) electrons. The molecule has 4 rings (SSSR count). The molecule has 0 spiro atoms. The summed E-state index contributed by atoms with van der Waals surface area (Å²) >= 11 is 0. The van der Waals surface area contributed by atoms with Crippen molar-refractivity contribution in [3.63, 3.8) is 0 Å². The summed E-state index contributed by atoms with van der Waals surface area (Å²) in [7, 11) is 0. The van der Waals surface area contributed by atoms with E-state index in [9.17, 15) is 9.59 Å². The Morgan fingerprint density at radius 3 is 2.24 bits per heavy atom. The first kappa shape index (κ1) is 25.7. The van der Waals surface area contributed by atoms with E-state index in [4.69, 9.17) is 10.5 Å². The number of esters is 1. The zero-order valence-corrected chi connectivity index (χ0v) is 21.1. The summed E-state index contributed by atoms with van der Waals surface area (Å²) < 4.78 is 9.39. The van der Waals surface area contributed by atoms with E-state index >= 15 is 0 Å². The molecule has 2 unspecified atom stereocenters. The fourth-order valence-electron chi connectivity index (χ4n) is 5.37. The topological polar surface area (TPSA) is 78.2 Å². The number of hydrogen-bond acceptors (Lipinski definition) is 3. The van der Waals surface area contributed by atoms with Crippen molar-refractivity contribution >= 4 is 11.9 Å². The van der Waals surface area contributed by atoms with E-state index in [1.807, 2.05) is 60.7 Å². The maximum absolute atomic E-state index is 13.2. The predicted octanol–water partition coefficient (Wildman–Crippen LogP) is 0.546. The minimum atomic E-state index is -0.857. The number of aromatic nitrogens is 2. The third-order valence-electron chi connectivity index (χ3n) is 6.86. The van der Waals surface area contributed by atoms with Gasteiger partial charge in [-0.15, -0.1) is 0 Å². The molecule has 1 heterocycles. The number of benzene rings is 2. The fourth-order valence-corrected chi connectivity index (χ4v) is 5.37. The second-order valence-corrected chi connectivity index (χ2v) is 8.86. The molecule has 1 aromatic heterocycles. The Balaban J connectivity index is 0.00000324. The molecule has 1 aliphatic carbocycles. The van der Waals surface area contributed by atoms with Gasteiger partial charge in [0.25, 0.3) is 0 Å². The molecule has 7 heteroatoms. The van der Waals surface area contributed by atoms with Crippen LogP contribution in [0.25, 0.3) is 0 Å². The second-order valence-electron chi connectivity index (χ2n) is 8.86. The largest absolute Gasteiger partial charge is 1.00 e. The first-order chi connectivity index (χ1) is 16.0. The summed E-state index contributed by atoms with van der Waals surface area (Å²) in [6.45, 7) is 2.64. The monoisotopic (exact) mass is 525 g/mol. The molecule has 6 nitrogen and oxygen atoms in total. The van der Waals surface area contributed by atoms with Gasteiger partial charge in [-0.3, -0.25) is 9.59 Å². The lowest BCUT2D eigenvalue weighted by Crippen LogP contribution is -3.00. The van der Waals surface area contributed by atoms with Crippen LogP contribution in [0.1, 0.15) is 49.8 Å².